The highest BCUT2D eigenvalue weighted by Crippen LogP contribution is 2.26. The van der Waals surface area contributed by atoms with Crippen LogP contribution in [-0.4, -0.2) is 20.6 Å². The topological polar surface area (TPSA) is 64.3 Å². The van der Waals surface area contributed by atoms with Gasteiger partial charge >= 0.3 is 5.97 Å². The molecule has 0 saturated heterocycles. The van der Waals surface area contributed by atoms with Crippen molar-refractivity contribution >= 4 is 5.97 Å². The number of aromatic nitrogens is 2. The maximum absolute atomic E-state index is 11.1. The number of rotatable bonds is 9. The first-order valence-electron chi connectivity index (χ1n) is 10.2. The van der Waals surface area contributed by atoms with E-state index in [2.05, 4.69) is 46.2 Å². The van der Waals surface area contributed by atoms with E-state index in [1.54, 1.807) is 12.4 Å². The van der Waals surface area contributed by atoms with Crippen LogP contribution in [0.3, 0.4) is 0 Å². The van der Waals surface area contributed by atoms with Crippen LogP contribution in [0.25, 0.3) is 11.1 Å². The highest BCUT2D eigenvalue weighted by atomic mass is 16.5. The van der Waals surface area contributed by atoms with Gasteiger partial charge in [0.05, 0.1) is 0 Å². The van der Waals surface area contributed by atoms with E-state index in [0.717, 1.165) is 33.6 Å². The third-order valence-electron chi connectivity index (χ3n) is 5.07. The number of carbonyl (C=O) groups is 1. The monoisotopic (exact) mass is 412 g/mol. The zero-order valence-electron chi connectivity index (χ0n) is 17.1. The number of aryl methyl sites for hydroxylation is 1. The van der Waals surface area contributed by atoms with Crippen molar-refractivity contribution in [3.8, 4) is 16.9 Å². The van der Waals surface area contributed by atoms with Gasteiger partial charge in [0, 0.05) is 48.9 Å². The normalized spacial score (nSPS) is 10.7. The quantitative estimate of drug-likeness (QED) is 0.411. The van der Waals surface area contributed by atoms with E-state index < -0.39 is 5.97 Å². The first-order valence-corrected chi connectivity index (χ1v) is 10.2. The van der Waals surface area contributed by atoms with E-state index in [4.69, 9.17) is 9.84 Å². The summed E-state index contributed by atoms with van der Waals surface area (Å²) >= 11 is 0. The molecule has 156 valence electrons. The van der Waals surface area contributed by atoms with Crippen molar-refractivity contribution in [1.82, 2.24) is 9.55 Å². The van der Waals surface area contributed by atoms with Crippen LogP contribution in [-0.2, 0) is 24.4 Å². The summed E-state index contributed by atoms with van der Waals surface area (Å²) in [5, 5.41) is 9.10. The van der Waals surface area contributed by atoms with Crippen molar-refractivity contribution in [2.24, 2.45) is 0 Å². The summed E-state index contributed by atoms with van der Waals surface area (Å²) in [5.41, 5.74) is 5.40. The number of hydrogen-bond acceptors (Lipinski definition) is 3. The maximum atomic E-state index is 11.1. The average molecular weight is 412 g/mol. The molecular weight excluding hydrogens is 388 g/mol. The lowest BCUT2D eigenvalue weighted by Crippen LogP contribution is -1.99. The van der Waals surface area contributed by atoms with Crippen LogP contribution >= 0.6 is 0 Å². The smallest absolute Gasteiger partial charge is 0.303 e. The first kappa shape index (κ1) is 20.4. The zero-order chi connectivity index (χ0) is 21.5. The Labute approximate surface area is 181 Å². The standard InChI is InChI=1S/C26H24N2O3/c29-26(30)13-10-23-17-28(18-25(23)22-6-2-1-3-7-22)16-20-8-11-24(12-9-20)31-19-21-5-4-14-27-15-21/h1-9,11-12,14-15,17-18H,10,13,16,19H2,(H,29,30). The van der Waals surface area contributed by atoms with Crippen molar-refractivity contribution < 1.29 is 14.6 Å². The number of carboxylic acids is 1. The van der Waals surface area contributed by atoms with Crippen molar-refractivity contribution in [1.29, 1.82) is 0 Å². The van der Waals surface area contributed by atoms with E-state index in [-0.39, 0.29) is 6.42 Å². The van der Waals surface area contributed by atoms with Gasteiger partial charge in [-0.25, -0.2) is 0 Å². The molecule has 0 fully saturated rings. The predicted molar refractivity (Wildman–Crippen MR) is 120 cm³/mol. The summed E-state index contributed by atoms with van der Waals surface area (Å²) < 4.78 is 7.95. The lowest BCUT2D eigenvalue weighted by Gasteiger charge is -2.08. The Morgan fingerprint density at radius 3 is 2.45 bits per heavy atom. The lowest BCUT2D eigenvalue weighted by atomic mass is 10.0. The molecule has 2 heterocycles. The van der Waals surface area contributed by atoms with Gasteiger partial charge in [0.15, 0.2) is 0 Å². The van der Waals surface area contributed by atoms with E-state index in [1.165, 1.54) is 0 Å². The largest absolute Gasteiger partial charge is 0.489 e. The number of pyridine rings is 1. The fourth-order valence-electron chi connectivity index (χ4n) is 3.52. The van der Waals surface area contributed by atoms with Crippen molar-refractivity contribution in [2.75, 3.05) is 0 Å². The molecule has 0 atom stereocenters. The average Bonchev–Trinajstić information content (AvgIpc) is 3.21. The van der Waals surface area contributed by atoms with Gasteiger partial charge in [0.1, 0.15) is 12.4 Å². The number of nitrogens with zero attached hydrogens (tertiary/aromatic N) is 2. The van der Waals surface area contributed by atoms with Gasteiger partial charge in [-0.05, 0) is 41.3 Å². The van der Waals surface area contributed by atoms with E-state index in [1.807, 2.05) is 42.5 Å². The Balaban J connectivity index is 1.46. The van der Waals surface area contributed by atoms with Gasteiger partial charge < -0.3 is 14.4 Å². The van der Waals surface area contributed by atoms with Crippen LogP contribution in [0, 0.1) is 0 Å². The number of ether oxygens (including phenoxy) is 1. The number of benzene rings is 2. The second kappa shape index (κ2) is 9.76. The summed E-state index contributed by atoms with van der Waals surface area (Å²) in [6.07, 6.45) is 8.32. The van der Waals surface area contributed by atoms with Crippen LogP contribution in [0.4, 0.5) is 0 Å². The third kappa shape index (κ3) is 5.60. The summed E-state index contributed by atoms with van der Waals surface area (Å²) in [4.78, 5) is 15.2. The van der Waals surface area contributed by atoms with Gasteiger partial charge in [-0.3, -0.25) is 9.78 Å². The minimum absolute atomic E-state index is 0.118. The fraction of sp³-hybridized carbons (Fsp3) is 0.154. The van der Waals surface area contributed by atoms with Crippen LogP contribution in [0.15, 0.2) is 91.5 Å². The SMILES string of the molecule is O=C(O)CCc1cn(Cc2ccc(OCc3cccnc3)cc2)cc1-c1ccccc1. The Bertz CT molecular complexity index is 1120. The Morgan fingerprint density at radius 2 is 1.74 bits per heavy atom. The Kier molecular flexibility index (Phi) is 6.43. The molecule has 0 bridgehead atoms. The molecule has 31 heavy (non-hydrogen) atoms. The molecule has 5 heteroatoms. The molecule has 1 N–H and O–H groups in total. The van der Waals surface area contributed by atoms with Crippen LogP contribution in [0.2, 0.25) is 0 Å². The van der Waals surface area contributed by atoms with E-state index >= 15 is 0 Å². The molecule has 0 aliphatic heterocycles. The van der Waals surface area contributed by atoms with Gasteiger partial charge in [-0.15, -0.1) is 0 Å². The first-order chi connectivity index (χ1) is 15.2. The highest BCUT2D eigenvalue weighted by Gasteiger charge is 2.11. The molecule has 2 aromatic heterocycles. The fourth-order valence-corrected chi connectivity index (χ4v) is 3.52. The Morgan fingerprint density at radius 1 is 0.935 bits per heavy atom. The Hall–Kier alpha value is -3.86. The van der Waals surface area contributed by atoms with Gasteiger partial charge in [0.2, 0.25) is 0 Å². The maximum Gasteiger partial charge on any atom is 0.303 e. The van der Waals surface area contributed by atoms with Crippen LogP contribution in [0.5, 0.6) is 5.75 Å². The predicted octanol–water partition coefficient (Wildman–Crippen LogP) is 5.19. The second-order valence-electron chi connectivity index (χ2n) is 7.42. The van der Waals surface area contributed by atoms with Gasteiger partial charge in [-0.1, -0.05) is 48.5 Å². The van der Waals surface area contributed by atoms with E-state index in [9.17, 15) is 4.79 Å². The van der Waals surface area contributed by atoms with Crippen molar-refractivity contribution in [2.45, 2.75) is 26.0 Å². The highest BCUT2D eigenvalue weighted by molar-refractivity contribution is 5.70. The third-order valence-corrected chi connectivity index (χ3v) is 5.07. The lowest BCUT2D eigenvalue weighted by molar-refractivity contribution is -0.136. The molecule has 5 nitrogen and oxygen atoms in total. The zero-order valence-corrected chi connectivity index (χ0v) is 17.1. The second-order valence-corrected chi connectivity index (χ2v) is 7.42. The summed E-state index contributed by atoms with van der Waals surface area (Å²) in [6, 6.07) is 22.0. The number of hydrogen-bond donors (Lipinski definition) is 1. The molecular formula is C26H24N2O3. The summed E-state index contributed by atoms with van der Waals surface area (Å²) in [6.45, 7) is 1.19. The molecule has 4 aromatic rings. The molecule has 2 aromatic carbocycles. The molecule has 4 rings (SSSR count). The minimum atomic E-state index is -0.784. The van der Waals surface area contributed by atoms with E-state index in [0.29, 0.717) is 19.6 Å². The minimum Gasteiger partial charge on any atom is -0.489 e. The van der Waals surface area contributed by atoms with Crippen LogP contribution < -0.4 is 4.74 Å². The van der Waals surface area contributed by atoms with Gasteiger partial charge in [0.25, 0.3) is 0 Å². The summed E-state index contributed by atoms with van der Waals surface area (Å²) in [5.74, 6) is 0.0286. The van der Waals surface area contributed by atoms with Crippen molar-refractivity contribution in [3.05, 3.63) is 108 Å². The molecule has 0 aliphatic carbocycles. The summed E-state index contributed by atoms with van der Waals surface area (Å²) in [7, 11) is 0. The number of aliphatic carboxylic acids is 1. The van der Waals surface area contributed by atoms with Crippen molar-refractivity contribution in [3.63, 3.8) is 0 Å². The molecule has 0 spiro atoms. The van der Waals surface area contributed by atoms with Crippen LogP contribution in [0.1, 0.15) is 23.1 Å². The molecule has 0 unspecified atom stereocenters. The molecule has 0 saturated carbocycles. The molecule has 0 aliphatic rings. The van der Waals surface area contributed by atoms with Gasteiger partial charge in [-0.2, -0.15) is 0 Å². The molecule has 0 amide bonds. The number of carboxylic acid groups (broad SMARTS) is 1. The molecule has 0 radical (unpaired) electrons.